The molecule has 9 nitrogen and oxygen atoms in total. The second-order valence-electron chi connectivity index (χ2n) is 9.83. The monoisotopic (exact) mass is 545 g/mol. The number of pyridine rings is 3. The lowest BCUT2D eigenvalue weighted by Gasteiger charge is -2.25. The molecule has 1 N–H and O–H groups in total. The van der Waals surface area contributed by atoms with Gasteiger partial charge in [0.05, 0.1) is 46.7 Å². The Morgan fingerprint density at radius 1 is 1.10 bits per heavy atom. The molecular formula is C29H31N5O4S. The third-order valence-electron chi connectivity index (χ3n) is 6.94. The second kappa shape index (κ2) is 11.1. The van der Waals surface area contributed by atoms with Gasteiger partial charge in [0.1, 0.15) is 5.82 Å². The number of benzene rings is 1. The molecule has 1 aliphatic heterocycles. The molecule has 10 heteroatoms. The Bertz CT molecular complexity index is 1640. The molecule has 3 aromatic heterocycles. The number of nitrogens with zero attached hydrogens (tertiary/aromatic N) is 4. The number of anilines is 1. The first-order valence-electron chi connectivity index (χ1n) is 12.8. The summed E-state index contributed by atoms with van der Waals surface area (Å²) in [6.45, 7) is 3.50. The molecule has 202 valence electrons. The van der Waals surface area contributed by atoms with Gasteiger partial charge in [-0.3, -0.25) is 9.78 Å². The summed E-state index contributed by atoms with van der Waals surface area (Å²) < 4.78 is 29.5. The molecule has 0 unspecified atom stereocenters. The van der Waals surface area contributed by atoms with Crippen molar-refractivity contribution in [2.75, 3.05) is 31.4 Å². The Kier molecular flexibility index (Phi) is 7.58. The van der Waals surface area contributed by atoms with Gasteiger partial charge in [0, 0.05) is 37.1 Å². The number of fused-ring (bicyclic) bond motifs is 1. The van der Waals surface area contributed by atoms with E-state index >= 15 is 0 Å². The van der Waals surface area contributed by atoms with Crippen LogP contribution in [-0.4, -0.2) is 61.8 Å². The molecule has 0 radical (unpaired) electrons. The van der Waals surface area contributed by atoms with Gasteiger partial charge in [-0.1, -0.05) is 12.1 Å². The molecular weight excluding hydrogens is 514 g/mol. The summed E-state index contributed by atoms with van der Waals surface area (Å²) in [6.07, 6.45) is 5.06. The van der Waals surface area contributed by atoms with Gasteiger partial charge in [-0.25, -0.2) is 18.4 Å². The molecule has 0 spiro atoms. The fraction of sp³-hybridized carbons (Fsp3) is 0.310. The van der Waals surface area contributed by atoms with Crippen LogP contribution in [0.3, 0.4) is 0 Å². The normalized spacial score (nSPS) is 15.6. The van der Waals surface area contributed by atoms with Crippen LogP contribution in [0.5, 0.6) is 0 Å². The van der Waals surface area contributed by atoms with Crippen molar-refractivity contribution in [3.63, 3.8) is 0 Å². The fourth-order valence-corrected chi connectivity index (χ4v) is 5.93. The van der Waals surface area contributed by atoms with E-state index in [2.05, 4.69) is 15.2 Å². The SMILES string of the molecule is COC[C@H]1CCCN1c1cccc(-c2ccc3cnc(CNC(=O)c4ccc(C)c(S(C)(=O)=O)c4)cc3n2)n1. The molecule has 1 amide bonds. The molecule has 4 aromatic rings. The molecule has 5 rings (SSSR count). The van der Waals surface area contributed by atoms with Gasteiger partial charge in [0.15, 0.2) is 9.84 Å². The lowest BCUT2D eigenvalue weighted by molar-refractivity contribution is 0.0950. The number of hydrogen-bond donors (Lipinski definition) is 1. The molecule has 0 bridgehead atoms. The van der Waals surface area contributed by atoms with Crippen molar-refractivity contribution in [2.45, 2.75) is 37.2 Å². The standard InChI is InChI=1S/C29H31N5O4S/c1-19-9-10-20(14-27(19)39(3,36)37)29(35)31-17-22-15-26-21(16-30-22)11-12-25(32-26)24-7-4-8-28(33-24)34-13-5-6-23(34)18-38-2/h4,7-12,14-16,23H,5-6,13,17-18H2,1-3H3,(H,31,35)/t23-/m1/s1. The highest BCUT2D eigenvalue weighted by Crippen LogP contribution is 2.27. The minimum absolute atomic E-state index is 0.146. The minimum atomic E-state index is -3.44. The number of aryl methyl sites for hydroxylation is 1. The van der Waals surface area contributed by atoms with Crippen LogP contribution in [-0.2, 0) is 21.1 Å². The van der Waals surface area contributed by atoms with Crippen LogP contribution in [0.4, 0.5) is 5.82 Å². The van der Waals surface area contributed by atoms with Gasteiger partial charge in [-0.05, 0) is 67.8 Å². The zero-order valence-electron chi connectivity index (χ0n) is 22.2. The van der Waals surface area contributed by atoms with E-state index < -0.39 is 9.84 Å². The van der Waals surface area contributed by atoms with Crippen molar-refractivity contribution < 1.29 is 17.9 Å². The van der Waals surface area contributed by atoms with Gasteiger partial charge >= 0.3 is 0 Å². The molecule has 1 aliphatic rings. The maximum atomic E-state index is 12.7. The van der Waals surface area contributed by atoms with Gasteiger partial charge in [0.25, 0.3) is 5.91 Å². The Morgan fingerprint density at radius 3 is 2.72 bits per heavy atom. The minimum Gasteiger partial charge on any atom is -0.383 e. The van der Waals surface area contributed by atoms with Crippen molar-refractivity contribution in [2.24, 2.45) is 0 Å². The molecule has 1 saturated heterocycles. The van der Waals surface area contributed by atoms with Crippen LogP contribution in [0.25, 0.3) is 22.3 Å². The Balaban J connectivity index is 1.34. The number of aromatic nitrogens is 3. The zero-order chi connectivity index (χ0) is 27.6. The largest absolute Gasteiger partial charge is 0.383 e. The fourth-order valence-electron chi connectivity index (χ4n) is 4.94. The van der Waals surface area contributed by atoms with E-state index in [1.54, 1.807) is 32.4 Å². The smallest absolute Gasteiger partial charge is 0.251 e. The highest BCUT2D eigenvalue weighted by atomic mass is 32.2. The first kappa shape index (κ1) is 26.7. The summed E-state index contributed by atoms with van der Waals surface area (Å²) in [4.78, 5) is 29.4. The van der Waals surface area contributed by atoms with E-state index in [-0.39, 0.29) is 22.9 Å². The maximum absolute atomic E-state index is 12.7. The van der Waals surface area contributed by atoms with Gasteiger partial charge < -0.3 is 15.0 Å². The topological polar surface area (TPSA) is 114 Å². The number of sulfone groups is 1. The van der Waals surface area contributed by atoms with Gasteiger partial charge in [-0.15, -0.1) is 0 Å². The number of rotatable bonds is 8. The molecule has 1 fully saturated rings. The van der Waals surface area contributed by atoms with Crippen LogP contribution in [0.1, 0.15) is 34.5 Å². The van der Waals surface area contributed by atoms with Crippen molar-refractivity contribution in [3.8, 4) is 11.4 Å². The Hall–Kier alpha value is -3.89. The predicted molar refractivity (Wildman–Crippen MR) is 150 cm³/mol. The van der Waals surface area contributed by atoms with Gasteiger partial charge in [-0.2, -0.15) is 0 Å². The van der Waals surface area contributed by atoms with E-state index in [0.29, 0.717) is 23.9 Å². The summed E-state index contributed by atoms with van der Waals surface area (Å²) in [5.41, 5.74) is 3.79. The highest BCUT2D eigenvalue weighted by Gasteiger charge is 2.25. The third kappa shape index (κ3) is 5.91. The molecule has 1 aromatic carbocycles. The van der Waals surface area contributed by atoms with E-state index in [9.17, 15) is 13.2 Å². The average molecular weight is 546 g/mol. The Labute approximate surface area is 228 Å². The van der Waals surface area contributed by atoms with E-state index in [4.69, 9.17) is 14.7 Å². The molecule has 39 heavy (non-hydrogen) atoms. The first-order chi connectivity index (χ1) is 18.7. The first-order valence-corrected chi connectivity index (χ1v) is 14.7. The van der Waals surface area contributed by atoms with Crippen LogP contribution in [0, 0.1) is 6.92 Å². The lowest BCUT2D eigenvalue weighted by atomic mass is 10.1. The van der Waals surface area contributed by atoms with Crippen molar-refractivity contribution >= 4 is 32.5 Å². The quantitative estimate of drug-likeness (QED) is 0.354. The molecule has 1 atom stereocenters. The number of carbonyl (C=O) groups is 1. The highest BCUT2D eigenvalue weighted by molar-refractivity contribution is 7.90. The summed E-state index contributed by atoms with van der Waals surface area (Å²) in [5.74, 6) is 0.542. The molecule has 0 saturated carbocycles. The predicted octanol–water partition coefficient (Wildman–Crippen LogP) is 3.95. The van der Waals surface area contributed by atoms with Crippen LogP contribution >= 0.6 is 0 Å². The maximum Gasteiger partial charge on any atom is 0.251 e. The van der Waals surface area contributed by atoms with Crippen LogP contribution in [0.2, 0.25) is 0 Å². The van der Waals surface area contributed by atoms with Crippen molar-refractivity contribution in [3.05, 3.63) is 77.6 Å². The van der Waals surface area contributed by atoms with Gasteiger partial charge in [0.2, 0.25) is 0 Å². The van der Waals surface area contributed by atoms with Crippen LogP contribution in [0.15, 0.2) is 65.7 Å². The van der Waals surface area contributed by atoms with Crippen LogP contribution < -0.4 is 10.2 Å². The lowest BCUT2D eigenvalue weighted by Crippen LogP contribution is -2.33. The van der Waals surface area contributed by atoms with E-state index in [1.165, 1.54) is 6.07 Å². The van der Waals surface area contributed by atoms with E-state index in [0.717, 1.165) is 53.8 Å². The third-order valence-corrected chi connectivity index (χ3v) is 8.18. The summed E-state index contributed by atoms with van der Waals surface area (Å²) in [7, 11) is -1.71. The zero-order valence-corrected chi connectivity index (χ0v) is 23.0. The number of nitrogens with one attached hydrogen (secondary N) is 1. The number of amides is 1. The average Bonchev–Trinajstić information content (AvgIpc) is 3.39. The molecule has 0 aliphatic carbocycles. The number of carbonyl (C=O) groups excluding carboxylic acids is 1. The Morgan fingerprint density at radius 2 is 1.92 bits per heavy atom. The summed E-state index contributed by atoms with van der Waals surface area (Å²) in [5, 5.41) is 3.70. The number of hydrogen-bond acceptors (Lipinski definition) is 8. The molecule has 4 heterocycles. The summed E-state index contributed by atoms with van der Waals surface area (Å²) in [6, 6.07) is 16.7. The number of ether oxygens (including phenoxy) is 1. The van der Waals surface area contributed by atoms with E-state index in [1.807, 2.05) is 36.4 Å². The summed E-state index contributed by atoms with van der Waals surface area (Å²) >= 11 is 0. The second-order valence-corrected chi connectivity index (χ2v) is 11.8. The van der Waals surface area contributed by atoms with Crippen molar-refractivity contribution in [1.82, 2.24) is 20.3 Å². The van der Waals surface area contributed by atoms with Crippen molar-refractivity contribution in [1.29, 1.82) is 0 Å². The number of methoxy groups -OCH3 is 1.